The van der Waals surface area contributed by atoms with Crippen LogP contribution in [0.15, 0.2) is 0 Å². The smallest absolute Gasteiger partial charge is 0.676 e. The van der Waals surface area contributed by atoms with Crippen molar-refractivity contribution in [2.75, 3.05) is 46.3 Å². The van der Waals surface area contributed by atoms with Crippen molar-refractivity contribution in [2.45, 2.75) is 0 Å². The number of nitrogens with zero attached hydrogens (tertiary/aromatic N) is 2. The molecule has 3 nitrogen and oxygen atoms in total. The molecule has 4 heteroatoms. The van der Waals surface area contributed by atoms with Crippen LogP contribution < -0.4 is 51.4 Å². The molecule has 1 fully saturated rings. The molecule has 12 heavy (non-hydrogen) atoms. The number of nitrogens with one attached hydrogen (secondary N) is 1. The van der Waals surface area contributed by atoms with E-state index in [2.05, 4.69) is 16.8 Å². The van der Waals surface area contributed by atoms with Crippen molar-refractivity contribution in [3.8, 4) is 0 Å². The van der Waals surface area contributed by atoms with Gasteiger partial charge in [-0.3, -0.25) is 0 Å². The third-order valence-electron chi connectivity index (χ3n) is 2.02. The molecule has 0 bridgehead atoms. The Kier molecular flexibility index (Phi) is 12.1. The van der Waals surface area contributed by atoms with E-state index in [1.165, 1.54) is 13.1 Å². The zero-order valence-electron chi connectivity index (χ0n) is 8.64. The van der Waals surface area contributed by atoms with Gasteiger partial charge in [0, 0.05) is 26.2 Å². The van der Waals surface area contributed by atoms with Crippen molar-refractivity contribution in [2.24, 2.45) is 0 Å². The van der Waals surface area contributed by atoms with Crippen LogP contribution in [0.3, 0.4) is 0 Å². The predicted octanol–water partition coefficient (Wildman–Crippen LogP) is -2.26. The molecular weight excluding hydrogens is 177 g/mol. The summed E-state index contributed by atoms with van der Waals surface area (Å²) in [5, 5.41) is 0. The van der Waals surface area contributed by atoms with Crippen molar-refractivity contribution >= 4 is 0 Å². The Morgan fingerprint density at radius 2 is 1.67 bits per heavy atom. The summed E-state index contributed by atoms with van der Waals surface area (Å²) in [6.07, 6.45) is 0. The van der Waals surface area contributed by atoms with Gasteiger partial charge in [0.15, 0.2) is 0 Å². The Morgan fingerprint density at radius 1 is 1.17 bits per heavy atom. The van der Waals surface area contributed by atoms with E-state index in [1.54, 1.807) is 0 Å². The normalized spacial score (nSPS) is 19.5. The van der Waals surface area contributed by atoms with Crippen LogP contribution in [-0.4, -0.2) is 56.1 Å². The van der Waals surface area contributed by atoms with Gasteiger partial charge in [0.1, 0.15) is 0 Å². The molecule has 0 aliphatic carbocycles. The molecule has 0 aromatic rings. The minimum absolute atomic E-state index is 0. The van der Waals surface area contributed by atoms with Gasteiger partial charge in [-0.15, -0.1) is 6.54 Å². The number of rotatable bonds is 2. The van der Waals surface area contributed by atoms with Crippen molar-refractivity contribution in [3.63, 3.8) is 0 Å². The van der Waals surface area contributed by atoms with Crippen LogP contribution in [-0.2, 0) is 0 Å². The van der Waals surface area contributed by atoms with Gasteiger partial charge in [0.05, 0.1) is 0 Å². The Bertz CT molecular complexity index is 92.3. The molecule has 0 spiro atoms. The number of likely N-dealkylation sites (N-methyl/N-ethyl adjacent to an activating group) is 1. The fraction of sp³-hybridized carbons (Fsp3) is 0.875. The second-order valence-electron chi connectivity index (χ2n) is 2.89. The van der Waals surface area contributed by atoms with Gasteiger partial charge in [0.2, 0.25) is 0 Å². The summed E-state index contributed by atoms with van der Waals surface area (Å²) in [5.74, 6) is 0. The topological polar surface area (TPSA) is 30.3 Å². The first-order chi connectivity index (χ1) is 4.83. The first kappa shape index (κ1) is 16.0. The average Bonchev–Trinajstić information content (AvgIpc) is 1.95. The third kappa shape index (κ3) is 6.04. The molecule has 0 saturated carbocycles. The quantitative estimate of drug-likeness (QED) is 0.369. The monoisotopic (exact) mass is 196 g/mol. The van der Waals surface area contributed by atoms with Crippen LogP contribution in [0.1, 0.15) is 0 Å². The maximum absolute atomic E-state index is 7.03. The molecule has 0 amide bonds. The maximum Gasteiger partial charge on any atom is 1.00 e. The zero-order valence-corrected chi connectivity index (χ0v) is 11.8. The van der Waals surface area contributed by atoms with Crippen molar-refractivity contribution in [1.82, 2.24) is 9.80 Å². The standard InChI is InChI=1S/C7H16N3.CH3.K/c1-9-4-6-10(3-2-8)7-5-9;;/h8H,2-7H2,1H3;1H3;/q2*-1;+1. The number of hydrogen-bond donors (Lipinski definition) is 0. The molecule has 1 N–H and O–H groups in total. The van der Waals surface area contributed by atoms with E-state index < -0.39 is 0 Å². The van der Waals surface area contributed by atoms with Crippen LogP contribution in [0, 0.1) is 7.43 Å². The largest absolute Gasteiger partial charge is 1.00 e. The van der Waals surface area contributed by atoms with Crippen LogP contribution in [0.2, 0.25) is 0 Å². The second-order valence-corrected chi connectivity index (χ2v) is 2.89. The molecule has 1 rings (SSSR count). The summed E-state index contributed by atoms with van der Waals surface area (Å²) in [4.78, 5) is 4.69. The van der Waals surface area contributed by atoms with Crippen LogP contribution in [0.25, 0.3) is 5.73 Å². The Balaban J connectivity index is 0. The van der Waals surface area contributed by atoms with E-state index in [0.717, 1.165) is 19.6 Å². The van der Waals surface area contributed by atoms with E-state index in [-0.39, 0.29) is 58.8 Å². The summed E-state index contributed by atoms with van der Waals surface area (Å²) >= 11 is 0. The molecule has 1 heterocycles. The molecule has 1 saturated heterocycles. The molecule has 68 valence electrons. The minimum Gasteiger partial charge on any atom is -0.676 e. The van der Waals surface area contributed by atoms with Gasteiger partial charge >= 0.3 is 51.4 Å². The van der Waals surface area contributed by atoms with E-state index in [0.29, 0.717) is 6.54 Å². The van der Waals surface area contributed by atoms with Crippen LogP contribution in [0.4, 0.5) is 0 Å². The molecular formula is C8H19KN3-. The average molecular weight is 196 g/mol. The minimum atomic E-state index is 0. The van der Waals surface area contributed by atoms with Gasteiger partial charge in [-0.1, -0.05) is 0 Å². The van der Waals surface area contributed by atoms with Crippen molar-refractivity contribution in [1.29, 1.82) is 0 Å². The number of hydrogen-bond acceptors (Lipinski definition) is 2. The van der Waals surface area contributed by atoms with Gasteiger partial charge < -0.3 is 23.0 Å². The molecule has 0 radical (unpaired) electrons. The second kappa shape index (κ2) is 9.09. The Labute approximate surface area is 119 Å². The zero-order chi connectivity index (χ0) is 7.40. The van der Waals surface area contributed by atoms with Crippen molar-refractivity contribution in [3.05, 3.63) is 13.2 Å². The Morgan fingerprint density at radius 3 is 2.08 bits per heavy atom. The molecule has 1 aliphatic heterocycles. The molecule has 1 aliphatic rings. The van der Waals surface area contributed by atoms with Crippen LogP contribution >= 0.6 is 0 Å². The molecule has 0 aromatic carbocycles. The maximum atomic E-state index is 7.03. The number of piperazine rings is 1. The van der Waals surface area contributed by atoms with E-state index in [1.807, 2.05) is 0 Å². The first-order valence-electron chi connectivity index (χ1n) is 3.88. The van der Waals surface area contributed by atoms with Gasteiger partial charge in [0.25, 0.3) is 0 Å². The first-order valence-corrected chi connectivity index (χ1v) is 3.88. The summed E-state index contributed by atoms with van der Waals surface area (Å²) in [6, 6.07) is 0. The van der Waals surface area contributed by atoms with Gasteiger partial charge in [-0.2, -0.15) is 0 Å². The van der Waals surface area contributed by atoms with E-state index >= 15 is 0 Å². The SMILES string of the molecule is CN1CCN(CC[NH-])CC1.[CH3-].[K+]. The van der Waals surface area contributed by atoms with E-state index in [4.69, 9.17) is 5.73 Å². The molecule has 0 unspecified atom stereocenters. The Hall–Kier alpha value is 1.52. The molecule has 0 atom stereocenters. The summed E-state index contributed by atoms with van der Waals surface area (Å²) in [7, 11) is 2.15. The fourth-order valence-electron chi connectivity index (χ4n) is 1.23. The third-order valence-corrected chi connectivity index (χ3v) is 2.02. The van der Waals surface area contributed by atoms with Crippen molar-refractivity contribution < 1.29 is 51.4 Å². The van der Waals surface area contributed by atoms with Gasteiger partial charge in [-0.05, 0) is 13.6 Å². The summed E-state index contributed by atoms with van der Waals surface area (Å²) in [5.41, 5.74) is 7.03. The summed E-state index contributed by atoms with van der Waals surface area (Å²) in [6.45, 7) is 6.13. The predicted molar refractivity (Wildman–Crippen MR) is 49.5 cm³/mol. The van der Waals surface area contributed by atoms with Crippen LogP contribution in [0.5, 0.6) is 0 Å². The summed E-state index contributed by atoms with van der Waals surface area (Å²) < 4.78 is 0. The van der Waals surface area contributed by atoms with E-state index in [9.17, 15) is 0 Å². The fourth-order valence-corrected chi connectivity index (χ4v) is 1.23. The van der Waals surface area contributed by atoms with Gasteiger partial charge in [-0.25, -0.2) is 0 Å². The molecule has 0 aromatic heterocycles.